The Balaban J connectivity index is 0.000000321. The zero-order chi connectivity index (χ0) is 24.4. The average molecular weight is 454 g/mol. The molecule has 1 aliphatic rings. The van der Waals surface area contributed by atoms with Crippen LogP contribution in [0.15, 0.2) is 48.5 Å². The number of hydrogen-bond donors (Lipinski definition) is 6. The van der Waals surface area contributed by atoms with Gasteiger partial charge < -0.3 is 27.2 Å². The van der Waals surface area contributed by atoms with Crippen molar-refractivity contribution in [2.24, 2.45) is 17.4 Å². The fourth-order valence-electron chi connectivity index (χ4n) is 3.87. The summed E-state index contributed by atoms with van der Waals surface area (Å²) < 4.78 is 0. The monoisotopic (exact) mass is 453 g/mol. The van der Waals surface area contributed by atoms with Crippen LogP contribution in [-0.2, 0) is 4.79 Å². The quantitative estimate of drug-likeness (QED) is 0.280. The van der Waals surface area contributed by atoms with E-state index in [2.05, 4.69) is 10.6 Å². The summed E-state index contributed by atoms with van der Waals surface area (Å²) in [6.07, 6.45) is 5.28. The molecule has 2 aromatic rings. The van der Waals surface area contributed by atoms with Crippen molar-refractivity contribution in [1.29, 1.82) is 5.41 Å². The topological polar surface area (TPSA) is 154 Å². The summed E-state index contributed by atoms with van der Waals surface area (Å²) in [6.45, 7) is 2.73. The van der Waals surface area contributed by atoms with Gasteiger partial charge in [0.25, 0.3) is 5.91 Å². The standard InChI is InChI=1S/C17H17N3O3.C8H18N2/c1-10-4-2-5-11(8-10)14(17(22)23)20-16(21)13-7-3-6-12(9-13)15(18)19;1-10-8-4-2-7(6-9)3-5-8/h2-9,14H,1H3,(H3,18,19)(H,20,21)(H,22,23);7-8,10H,2-6,9H2,1H3. The first-order chi connectivity index (χ1) is 15.7. The number of benzene rings is 2. The number of nitrogen functional groups attached to an aromatic ring is 1. The van der Waals surface area contributed by atoms with Crippen LogP contribution in [0.25, 0.3) is 0 Å². The number of nitrogens with one attached hydrogen (secondary N) is 3. The molecule has 0 aliphatic heterocycles. The maximum absolute atomic E-state index is 12.3. The molecule has 3 rings (SSSR count). The van der Waals surface area contributed by atoms with Crippen molar-refractivity contribution in [2.75, 3.05) is 13.6 Å². The van der Waals surface area contributed by atoms with Gasteiger partial charge in [-0.15, -0.1) is 0 Å². The van der Waals surface area contributed by atoms with Gasteiger partial charge in [0.2, 0.25) is 0 Å². The van der Waals surface area contributed by atoms with Crippen LogP contribution in [0.1, 0.15) is 58.8 Å². The zero-order valence-electron chi connectivity index (χ0n) is 19.3. The lowest BCUT2D eigenvalue weighted by Crippen LogP contribution is -2.34. The van der Waals surface area contributed by atoms with Crippen LogP contribution in [0.3, 0.4) is 0 Å². The summed E-state index contributed by atoms with van der Waals surface area (Å²) in [4.78, 5) is 23.8. The molecule has 1 fully saturated rings. The van der Waals surface area contributed by atoms with Gasteiger partial charge in [-0.05, 0) is 69.8 Å². The number of carboxylic acid groups (broad SMARTS) is 1. The third-order valence-electron chi connectivity index (χ3n) is 5.92. The molecule has 1 aliphatic carbocycles. The van der Waals surface area contributed by atoms with Crippen molar-refractivity contribution in [1.82, 2.24) is 10.6 Å². The number of carbonyl (C=O) groups is 2. The lowest BCUT2D eigenvalue weighted by atomic mass is 9.86. The van der Waals surface area contributed by atoms with Gasteiger partial charge in [0.1, 0.15) is 5.84 Å². The highest BCUT2D eigenvalue weighted by atomic mass is 16.4. The Morgan fingerprint density at radius 2 is 1.73 bits per heavy atom. The normalized spacial score (nSPS) is 18.4. The fourth-order valence-corrected chi connectivity index (χ4v) is 3.87. The average Bonchev–Trinajstić information content (AvgIpc) is 2.82. The SMILES string of the molecule is CNC1CCC(CN)CC1.Cc1cccc(C(NC(=O)c2cccc(C(=N)N)c2)C(=O)O)c1. The van der Waals surface area contributed by atoms with Crippen molar-refractivity contribution in [3.63, 3.8) is 0 Å². The van der Waals surface area contributed by atoms with E-state index in [-0.39, 0.29) is 11.4 Å². The molecule has 1 unspecified atom stereocenters. The van der Waals surface area contributed by atoms with Gasteiger partial charge in [0, 0.05) is 17.2 Å². The molecular formula is C25H35N5O3. The molecule has 2 aromatic carbocycles. The number of aryl methyl sites for hydroxylation is 1. The van der Waals surface area contributed by atoms with E-state index in [0.717, 1.165) is 24.1 Å². The van der Waals surface area contributed by atoms with Crippen molar-refractivity contribution < 1.29 is 14.7 Å². The highest BCUT2D eigenvalue weighted by molar-refractivity contribution is 6.01. The number of nitrogens with two attached hydrogens (primary N) is 2. The van der Waals surface area contributed by atoms with E-state index in [1.165, 1.54) is 37.8 Å². The number of carbonyl (C=O) groups excluding carboxylic acids is 1. The molecule has 0 saturated heterocycles. The lowest BCUT2D eigenvalue weighted by Gasteiger charge is -2.26. The van der Waals surface area contributed by atoms with E-state index in [4.69, 9.17) is 16.9 Å². The largest absolute Gasteiger partial charge is 0.479 e. The number of amidine groups is 1. The van der Waals surface area contributed by atoms with E-state index in [0.29, 0.717) is 11.1 Å². The number of rotatable bonds is 7. The zero-order valence-corrected chi connectivity index (χ0v) is 19.3. The minimum absolute atomic E-state index is 0.159. The third-order valence-corrected chi connectivity index (χ3v) is 5.92. The number of amides is 1. The van der Waals surface area contributed by atoms with Crippen LogP contribution >= 0.6 is 0 Å². The van der Waals surface area contributed by atoms with Crippen molar-refractivity contribution >= 4 is 17.7 Å². The molecule has 8 N–H and O–H groups in total. The van der Waals surface area contributed by atoms with Gasteiger partial charge in [-0.25, -0.2) is 4.79 Å². The highest BCUT2D eigenvalue weighted by Gasteiger charge is 2.23. The molecule has 8 heteroatoms. The van der Waals surface area contributed by atoms with Gasteiger partial charge in [-0.2, -0.15) is 0 Å². The van der Waals surface area contributed by atoms with Crippen LogP contribution in [0.5, 0.6) is 0 Å². The Kier molecular flexibility index (Phi) is 10.0. The Bertz CT molecular complexity index is 943. The maximum Gasteiger partial charge on any atom is 0.330 e. The molecule has 1 amide bonds. The first kappa shape index (κ1) is 26.0. The van der Waals surface area contributed by atoms with Gasteiger partial charge in [-0.1, -0.05) is 42.0 Å². The predicted molar refractivity (Wildman–Crippen MR) is 130 cm³/mol. The Labute approximate surface area is 195 Å². The summed E-state index contributed by atoms with van der Waals surface area (Å²) in [5.74, 6) is -1.04. The highest BCUT2D eigenvalue weighted by Crippen LogP contribution is 2.22. The van der Waals surface area contributed by atoms with Crippen molar-refractivity contribution in [3.05, 3.63) is 70.8 Å². The van der Waals surface area contributed by atoms with Gasteiger partial charge in [-0.3, -0.25) is 10.2 Å². The maximum atomic E-state index is 12.3. The van der Waals surface area contributed by atoms with E-state index in [1.807, 2.05) is 20.0 Å². The molecule has 33 heavy (non-hydrogen) atoms. The first-order valence-corrected chi connectivity index (χ1v) is 11.2. The summed E-state index contributed by atoms with van der Waals surface area (Å²) in [5.41, 5.74) is 13.0. The molecular weight excluding hydrogens is 418 g/mol. The van der Waals surface area contributed by atoms with Gasteiger partial charge in [0.05, 0.1) is 0 Å². The van der Waals surface area contributed by atoms with E-state index >= 15 is 0 Å². The van der Waals surface area contributed by atoms with Gasteiger partial charge in [0.15, 0.2) is 6.04 Å². The Morgan fingerprint density at radius 3 is 2.27 bits per heavy atom. The van der Waals surface area contributed by atoms with Crippen LogP contribution in [0.2, 0.25) is 0 Å². The van der Waals surface area contributed by atoms with Crippen LogP contribution in [0, 0.1) is 18.3 Å². The molecule has 178 valence electrons. The molecule has 0 bridgehead atoms. The van der Waals surface area contributed by atoms with Crippen LogP contribution in [0.4, 0.5) is 0 Å². The fraction of sp³-hybridized carbons (Fsp3) is 0.400. The van der Waals surface area contributed by atoms with Crippen molar-refractivity contribution in [2.45, 2.75) is 44.7 Å². The molecule has 0 radical (unpaired) electrons. The second kappa shape index (κ2) is 12.7. The minimum Gasteiger partial charge on any atom is -0.479 e. The second-order valence-corrected chi connectivity index (χ2v) is 8.40. The minimum atomic E-state index is -1.15. The van der Waals surface area contributed by atoms with E-state index in [9.17, 15) is 14.7 Å². The molecule has 0 spiro atoms. The molecule has 1 saturated carbocycles. The third kappa shape index (κ3) is 8.00. The molecule has 0 heterocycles. The van der Waals surface area contributed by atoms with Crippen molar-refractivity contribution in [3.8, 4) is 0 Å². The summed E-state index contributed by atoms with van der Waals surface area (Å²) in [7, 11) is 2.05. The summed E-state index contributed by atoms with van der Waals surface area (Å²) >= 11 is 0. The Hall–Kier alpha value is -3.23. The number of carboxylic acids is 1. The predicted octanol–water partition coefficient (Wildman–Crippen LogP) is 2.56. The van der Waals surface area contributed by atoms with E-state index < -0.39 is 17.9 Å². The lowest BCUT2D eigenvalue weighted by molar-refractivity contribution is -0.139. The van der Waals surface area contributed by atoms with E-state index in [1.54, 1.807) is 30.3 Å². The molecule has 8 nitrogen and oxygen atoms in total. The molecule has 1 atom stereocenters. The number of aliphatic carboxylic acids is 1. The summed E-state index contributed by atoms with van der Waals surface area (Å²) in [5, 5.41) is 22.6. The summed E-state index contributed by atoms with van der Waals surface area (Å²) in [6, 6.07) is 12.8. The Morgan fingerprint density at radius 1 is 1.09 bits per heavy atom. The smallest absolute Gasteiger partial charge is 0.330 e. The van der Waals surface area contributed by atoms with Crippen LogP contribution in [-0.4, -0.2) is 42.5 Å². The molecule has 0 aromatic heterocycles. The van der Waals surface area contributed by atoms with Gasteiger partial charge >= 0.3 is 5.97 Å². The second-order valence-electron chi connectivity index (χ2n) is 8.40. The van der Waals surface area contributed by atoms with Crippen LogP contribution < -0.4 is 22.1 Å². The first-order valence-electron chi connectivity index (χ1n) is 11.2. The number of hydrogen-bond acceptors (Lipinski definition) is 5.